The number of hydrogen-bond acceptors (Lipinski definition) is 2. The van der Waals surface area contributed by atoms with E-state index in [1.807, 2.05) is 32.9 Å². The minimum absolute atomic E-state index is 0.0868. The van der Waals surface area contributed by atoms with Crippen molar-refractivity contribution in [1.82, 2.24) is 5.32 Å². The van der Waals surface area contributed by atoms with Crippen molar-refractivity contribution in [2.24, 2.45) is 0 Å². The first kappa shape index (κ1) is 14.0. The Morgan fingerprint density at radius 3 is 2.41 bits per heavy atom. The molecule has 0 saturated carbocycles. The highest BCUT2D eigenvalue weighted by Gasteiger charge is 2.14. The Bertz CT molecular complexity index is 333. The number of nitrogens with one attached hydrogen (secondary N) is 1. The fraction of sp³-hybridized carbons (Fsp3) is 0.571. The first-order valence-electron chi connectivity index (χ1n) is 6.55. The van der Waals surface area contributed by atoms with Crippen LogP contribution in [0.3, 0.4) is 0 Å². The second-order valence-corrected chi connectivity index (χ2v) is 3.88. The summed E-state index contributed by atoms with van der Waals surface area (Å²) in [7, 11) is 0. The van der Waals surface area contributed by atoms with Crippen molar-refractivity contribution in [3.05, 3.63) is 29.6 Å². The Morgan fingerprint density at radius 1 is 1.24 bits per heavy atom. The molecule has 1 aliphatic heterocycles. The summed E-state index contributed by atoms with van der Waals surface area (Å²) in [4.78, 5) is 2.10. The van der Waals surface area contributed by atoms with E-state index in [4.69, 9.17) is 0 Å². The van der Waals surface area contributed by atoms with Crippen LogP contribution in [0.1, 0.15) is 26.3 Å². The van der Waals surface area contributed by atoms with Gasteiger partial charge in [-0.2, -0.15) is 0 Å². The second kappa shape index (κ2) is 7.28. The van der Waals surface area contributed by atoms with Crippen molar-refractivity contribution < 1.29 is 4.39 Å². The molecule has 17 heavy (non-hydrogen) atoms. The molecule has 2 rings (SSSR count). The summed E-state index contributed by atoms with van der Waals surface area (Å²) in [6.07, 6.45) is 0.888. The minimum Gasteiger partial charge on any atom is -0.367 e. The molecule has 0 aliphatic carbocycles. The Labute approximate surface area is 104 Å². The molecule has 0 bridgehead atoms. The molecule has 0 unspecified atom stereocenters. The summed E-state index contributed by atoms with van der Waals surface area (Å²) in [6.45, 7) is 9.70. The van der Waals surface area contributed by atoms with Gasteiger partial charge in [-0.25, -0.2) is 4.39 Å². The lowest BCUT2D eigenvalue weighted by Crippen LogP contribution is -2.43. The predicted octanol–water partition coefficient (Wildman–Crippen LogP) is 2.82. The molecule has 1 aliphatic rings. The van der Waals surface area contributed by atoms with Crippen LogP contribution in [0, 0.1) is 5.82 Å². The molecule has 1 fully saturated rings. The maximum atomic E-state index is 13.8. The van der Waals surface area contributed by atoms with Crippen LogP contribution >= 0.6 is 0 Å². The smallest absolute Gasteiger partial charge is 0.146 e. The lowest BCUT2D eigenvalue weighted by molar-refractivity contribution is 0.565. The fourth-order valence-corrected chi connectivity index (χ4v) is 1.93. The van der Waals surface area contributed by atoms with Gasteiger partial charge >= 0.3 is 0 Å². The van der Waals surface area contributed by atoms with Crippen molar-refractivity contribution in [3.63, 3.8) is 0 Å². The van der Waals surface area contributed by atoms with E-state index in [0.717, 1.165) is 43.9 Å². The minimum atomic E-state index is -0.0868. The molecule has 3 heteroatoms. The van der Waals surface area contributed by atoms with E-state index in [1.165, 1.54) is 0 Å². The maximum absolute atomic E-state index is 13.8. The summed E-state index contributed by atoms with van der Waals surface area (Å²) in [6, 6.07) is 5.57. The molecule has 1 aromatic rings. The lowest BCUT2D eigenvalue weighted by Gasteiger charge is -2.29. The molecular weight excluding hydrogens is 215 g/mol. The topological polar surface area (TPSA) is 15.3 Å². The van der Waals surface area contributed by atoms with Crippen molar-refractivity contribution >= 4 is 5.69 Å². The lowest BCUT2D eigenvalue weighted by atomic mass is 10.1. The monoisotopic (exact) mass is 238 g/mol. The van der Waals surface area contributed by atoms with E-state index in [-0.39, 0.29) is 5.82 Å². The first-order valence-corrected chi connectivity index (χ1v) is 6.55. The highest BCUT2D eigenvalue weighted by atomic mass is 19.1. The number of aryl methyl sites for hydroxylation is 1. The molecule has 0 spiro atoms. The standard InChI is InChI=1S/C12H17FN2.C2H6/c1-2-10-3-4-12(11(13)9-10)15-7-5-14-6-8-15;1-2/h3-4,9,14H,2,5-8H2,1H3;1-2H3. The quantitative estimate of drug-likeness (QED) is 0.852. The molecular formula is C14H23FN2. The van der Waals surface area contributed by atoms with Crippen LogP contribution in [0.4, 0.5) is 10.1 Å². The average Bonchev–Trinajstić information content (AvgIpc) is 2.42. The molecule has 96 valence electrons. The van der Waals surface area contributed by atoms with E-state index < -0.39 is 0 Å². The van der Waals surface area contributed by atoms with Gasteiger partial charge in [0.2, 0.25) is 0 Å². The van der Waals surface area contributed by atoms with Crippen LogP contribution < -0.4 is 10.2 Å². The summed E-state index contributed by atoms with van der Waals surface area (Å²) < 4.78 is 13.8. The highest BCUT2D eigenvalue weighted by Crippen LogP contribution is 2.21. The van der Waals surface area contributed by atoms with Crippen LogP contribution in [-0.4, -0.2) is 26.2 Å². The van der Waals surface area contributed by atoms with Crippen LogP contribution in [0.2, 0.25) is 0 Å². The molecule has 1 heterocycles. The molecule has 1 N–H and O–H groups in total. The number of anilines is 1. The average molecular weight is 238 g/mol. The highest BCUT2D eigenvalue weighted by molar-refractivity contribution is 5.49. The third-order valence-corrected chi connectivity index (χ3v) is 2.88. The van der Waals surface area contributed by atoms with Crippen molar-refractivity contribution in [2.45, 2.75) is 27.2 Å². The SMILES string of the molecule is CC.CCc1ccc(N2CCNCC2)c(F)c1. The van der Waals surface area contributed by atoms with E-state index in [9.17, 15) is 4.39 Å². The zero-order valence-corrected chi connectivity index (χ0v) is 11.1. The van der Waals surface area contributed by atoms with Gasteiger partial charge in [-0.05, 0) is 24.1 Å². The van der Waals surface area contributed by atoms with E-state index in [1.54, 1.807) is 6.07 Å². The summed E-state index contributed by atoms with van der Waals surface area (Å²) in [5.74, 6) is -0.0868. The van der Waals surface area contributed by atoms with Crippen LogP contribution in [0.25, 0.3) is 0 Å². The Hall–Kier alpha value is -1.09. The molecule has 0 atom stereocenters. The van der Waals surface area contributed by atoms with Gasteiger partial charge in [0.05, 0.1) is 5.69 Å². The van der Waals surface area contributed by atoms with Gasteiger partial charge in [-0.3, -0.25) is 0 Å². The zero-order valence-electron chi connectivity index (χ0n) is 11.1. The van der Waals surface area contributed by atoms with Crippen LogP contribution in [-0.2, 0) is 6.42 Å². The maximum Gasteiger partial charge on any atom is 0.146 e. The van der Waals surface area contributed by atoms with Gasteiger partial charge < -0.3 is 10.2 Å². The van der Waals surface area contributed by atoms with Crippen molar-refractivity contribution in [3.8, 4) is 0 Å². The Morgan fingerprint density at radius 2 is 1.88 bits per heavy atom. The number of piperazine rings is 1. The molecule has 0 amide bonds. The molecule has 2 nitrogen and oxygen atoms in total. The van der Waals surface area contributed by atoms with E-state index in [0.29, 0.717) is 0 Å². The van der Waals surface area contributed by atoms with Crippen LogP contribution in [0.15, 0.2) is 18.2 Å². The normalized spacial score (nSPS) is 15.2. The third-order valence-electron chi connectivity index (χ3n) is 2.88. The molecule has 1 saturated heterocycles. The molecule has 0 aromatic heterocycles. The number of benzene rings is 1. The van der Waals surface area contributed by atoms with Gasteiger partial charge in [-0.15, -0.1) is 0 Å². The van der Waals surface area contributed by atoms with Crippen molar-refractivity contribution in [1.29, 1.82) is 0 Å². The van der Waals surface area contributed by atoms with Crippen LogP contribution in [0.5, 0.6) is 0 Å². The third kappa shape index (κ3) is 3.70. The summed E-state index contributed by atoms with van der Waals surface area (Å²) in [5.41, 5.74) is 1.81. The molecule has 1 aromatic carbocycles. The Kier molecular flexibility index (Phi) is 5.98. The van der Waals surface area contributed by atoms with E-state index in [2.05, 4.69) is 10.2 Å². The van der Waals surface area contributed by atoms with Gasteiger partial charge in [-0.1, -0.05) is 26.8 Å². The van der Waals surface area contributed by atoms with Gasteiger partial charge in [0.25, 0.3) is 0 Å². The van der Waals surface area contributed by atoms with Gasteiger partial charge in [0.15, 0.2) is 0 Å². The van der Waals surface area contributed by atoms with Crippen molar-refractivity contribution in [2.75, 3.05) is 31.1 Å². The Balaban J connectivity index is 0.000000686. The summed E-state index contributed by atoms with van der Waals surface area (Å²) in [5, 5.41) is 3.26. The number of hydrogen-bond donors (Lipinski definition) is 1. The summed E-state index contributed by atoms with van der Waals surface area (Å²) >= 11 is 0. The van der Waals surface area contributed by atoms with Gasteiger partial charge in [0.1, 0.15) is 5.82 Å². The molecule has 0 radical (unpaired) electrons. The number of nitrogens with zero attached hydrogens (tertiary/aromatic N) is 1. The zero-order chi connectivity index (χ0) is 12.7. The number of halogens is 1. The first-order chi connectivity index (χ1) is 8.31. The largest absolute Gasteiger partial charge is 0.367 e. The fourth-order valence-electron chi connectivity index (χ4n) is 1.93. The number of rotatable bonds is 2. The van der Waals surface area contributed by atoms with E-state index >= 15 is 0 Å². The second-order valence-electron chi connectivity index (χ2n) is 3.88. The predicted molar refractivity (Wildman–Crippen MR) is 72.2 cm³/mol. The van der Waals surface area contributed by atoms with Gasteiger partial charge in [0, 0.05) is 26.2 Å².